The zero-order chi connectivity index (χ0) is 14.3. The average molecular weight is 260 g/mol. The zero-order valence-electron chi connectivity index (χ0n) is 10.7. The number of carbonyl (C=O) groups is 2. The average Bonchev–Trinajstić information content (AvgIpc) is 2.40. The van der Waals surface area contributed by atoms with E-state index in [-0.39, 0.29) is 12.3 Å². The van der Waals surface area contributed by atoms with Crippen molar-refractivity contribution in [2.75, 3.05) is 11.9 Å². The Bertz CT molecular complexity index is 488. The van der Waals surface area contributed by atoms with Gasteiger partial charge in [-0.1, -0.05) is 0 Å². The van der Waals surface area contributed by atoms with Crippen LogP contribution in [0.25, 0.3) is 0 Å². The zero-order valence-corrected chi connectivity index (χ0v) is 10.7. The van der Waals surface area contributed by atoms with Gasteiger partial charge in [0.1, 0.15) is 0 Å². The minimum atomic E-state index is -0.741. The number of nitrogens with two attached hydrogens (primary N) is 1. The van der Waals surface area contributed by atoms with Crippen molar-refractivity contribution < 1.29 is 14.3 Å². The second-order valence-corrected chi connectivity index (χ2v) is 3.80. The van der Waals surface area contributed by atoms with Crippen LogP contribution in [0.5, 0.6) is 0 Å². The van der Waals surface area contributed by atoms with Gasteiger partial charge >= 0.3 is 5.97 Å². The molecule has 5 heteroatoms. The third kappa shape index (κ3) is 4.45. The van der Waals surface area contributed by atoms with Crippen molar-refractivity contribution >= 4 is 17.6 Å². The van der Waals surface area contributed by atoms with Crippen LogP contribution in [0.3, 0.4) is 0 Å². The first kappa shape index (κ1) is 14.7. The van der Waals surface area contributed by atoms with Crippen molar-refractivity contribution in [3.05, 3.63) is 29.8 Å². The molecular weight excluding hydrogens is 244 g/mol. The summed E-state index contributed by atoms with van der Waals surface area (Å²) < 4.78 is 4.85. The fourth-order valence-corrected chi connectivity index (χ4v) is 1.36. The van der Waals surface area contributed by atoms with Crippen LogP contribution in [-0.2, 0) is 9.53 Å². The molecule has 0 aliphatic heterocycles. The van der Waals surface area contributed by atoms with Crippen LogP contribution in [0.15, 0.2) is 24.3 Å². The summed E-state index contributed by atoms with van der Waals surface area (Å²) in [7, 11) is 0. The first-order chi connectivity index (χ1) is 9.08. The van der Waals surface area contributed by atoms with E-state index in [0.717, 1.165) is 0 Å². The molecule has 1 atom stereocenters. The SMILES string of the molecule is C#CCC(N)C(=O)Nc1ccc(C(=O)OCC)cc1. The highest BCUT2D eigenvalue weighted by Gasteiger charge is 2.12. The Hall–Kier alpha value is -2.32. The largest absolute Gasteiger partial charge is 0.462 e. The summed E-state index contributed by atoms with van der Waals surface area (Å²) in [6.07, 6.45) is 5.25. The number of esters is 1. The normalized spacial score (nSPS) is 11.2. The Morgan fingerprint density at radius 3 is 2.58 bits per heavy atom. The number of nitrogens with one attached hydrogen (secondary N) is 1. The van der Waals surface area contributed by atoms with E-state index < -0.39 is 12.0 Å². The molecule has 0 aliphatic rings. The van der Waals surface area contributed by atoms with Crippen LogP contribution in [0.4, 0.5) is 5.69 Å². The van der Waals surface area contributed by atoms with Gasteiger partial charge in [-0.2, -0.15) is 0 Å². The minimum absolute atomic E-state index is 0.173. The Kier molecular flexibility index (Phi) is 5.58. The smallest absolute Gasteiger partial charge is 0.338 e. The first-order valence-electron chi connectivity index (χ1n) is 5.85. The van der Waals surface area contributed by atoms with E-state index in [1.165, 1.54) is 0 Å². The highest BCUT2D eigenvalue weighted by atomic mass is 16.5. The standard InChI is InChI=1S/C14H16N2O3/c1-3-5-12(15)13(17)16-11-8-6-10(7-9-11)14(18)19-4-2/h1,6-9,12H,4-5,15H2,2H3,(H,16,17). The lowest BCUT2D eigenvalue weighted by Gasteiger charge is -2.10. The van der Waals surface area contributed by atoms with Gasteiger partial charge in [-0.15, -0.1) is 12.3 Å². The molecule has 3 N–H and O–H groups in total. The van der Waals surface area contributed by atoms with Gasteiger partial charge in [-0.05, 0) is 31.2 Å². The van der Waals surface area contributed by atoms with Crippen LogP contribution in [-0.4, -0.2) is 24.5 Å². The molecule has 1 rings (SSSR count). The van der Waals surface area contributed by atoms with E-state index in [4.69, 9.17) is 16.9 Å². The lowest BCUT2D eigenvalue weighted by molar-refractivity contribution is -0.117. The molecule has 1 aromatic carbocycles. The molecule has 0 heterocycles. The molecule has 5 nitrogen and oxygen atoms in total. The second-order valence-electron chi connectivity index (χ2n) is 3.80. The van der Waals surface area contributed by atoms with Gasteiger partial charge in [0, 0.05) is 12.1 Å². The predicted octanol–water partition coefficient (Wildman–Crippen LogP) is 1.15. The molecule has 0 aromatic heterocycles. The number of ether oxygens (including phenoxy) is 1. The van der Waals surface area contributed by atoms with Crippen molar-refractivity contribution in [2.24, 2.45) is 5.73 Å². The minimum Gasteiger partial charge on any atom is -0.462 e. The fraction of sp³-hybridized carbons (Fsp3) is 0.286. The van der Waals surface area contributed by atoms with Crippen molar-refractivity contribution in [1.29, 1.82) is 0 Å². The van der Waals surface area contributed by atoms with Crippen molar-refractivity contribution in [1.82, 2.24) is 0 Å². The quantitative estimate of drug-likeness (QED) is 0.614. The lowest BCUT2D eigenvalue weighted by Crippen LogP contribution is -2.35. The molecule has 1 amide bonds. The molecule has 0 saturated heterocycles. The van der Waals surface area contributed by atoms with E-state index >= 15 is 0 Å². The van der Waals surface area contributed by atoms with Gasteiger partial charge in [-0.25, -0.2) is 4.79 Å². The molecule has 0 aliphatic carbocycles. The van der Waals surface area contributed by atoms with E-state index in [1.54, 1.807) is 31.2 Å². The maximum absolute atomic E-state index is 11.6. The van der Waals surface area contributed by atoms with E-state index in [9.17, 15) is 9.59 Å². The molecule has 1 unspecified atom stereocenters. The van der Waals surface area contributed by atoms with Crippen molar-refractivity contribution in [2.45, 2.75) is 19.4 Å². The summed E-state index contributed by atoms with van der Waals surface area (Å²) in [6, 6.07) is 5.61. The maximum atomic E-state index is 11.6. The Labute approximate surface area is 112 Å². The summed E-state index contributed by atoms with van der Waals surface area (Å²) in [5, 5.41) is 2.61. The number of hydrogen-bond donors (Lipinski definition) is 2. The number of benzene rings is 1. The maximum Gasteiger partial charge on any atom is 0.338 e. The second kappa shape index (κ2) is 7.19. The van der Waals surface area contributed by atoms with Crippen LogP contribution in [0, 0.1) is 12.3 Å². The number of carbonyl (C=O) groups excluding carboxylic acids is 2. The van der Waals surface area contributed by atoms with Gasteiger partial charge in [-0.3, -0.25) is 4.79 Å². The monoisotopic (exact) mass is 260 g/mol. The van der Waals surface area contributed by atoms with E-state index in [0.29, 0.717) is 17.9 Å². The van der Waals surface area contributed by atoms with Gasteiger partial charge < -0.3 is 15.8 Å². The predicted molar refractivity (Wildman–Crippen MR) is 72.5 cm³/mol. The van der Waals surface area contributed by atoms with Gasteiger partial charge in [0.15, 0.2) is 0 Å². The highest BCUT2D eigenvalue weighted by Crippen LogP contribution is 2.11. The van der Waals surface area contributed by atoms with Crippen LogP contribution < -0.4 is 11.1 Å². The number of anilines is 1. The van der Waals surface area contributed by atoms with Crippen molar-refractivity contribution in [3.8, 4) is 12.3 Å². The number of hydrogen-bond acceptors (Lipinski definition) is 4. The molecule has 19 heavy (non-hydrogen) atoms. The molecule has 0 radical (unpaired) electrons. The molecule has 0 fully saturated rings. The molecule has 0 bridgehead atoms. The lowest BCUT2D eigenvalue weighted by atomic mass is 10.2. The topological polar surface area (TPSA) is 81.4 Å². The summed E-state index contributed by atoms with van der Waals surface area (Å²) >= 11 is 0. The fourth-order valence-electron chi connectivity index (χ4n) is 1.36. The van der Waals surface area contributed by atoms with Crippen molar-refractivity contribution in [3.63, 3.8) is 0 Å². The number of rotatable bonds is 5. The molecular formula is C14H16N2O3. The van der Waals surface area contributed by atoms with E-state index in [1.807, 2.05) is 0 Å². The molecule has 1 aromatic rings. The molecule has 100 valence electrons. The van der Waals surface area contributed by atoms with Crippen LogP contribution in [0.2, 0.25) is 0 Å². The van der Waals surface area contributed by atoms with Crippen LogP contribution in [0.1, 0.15) is 23.7 Å². The van der Waals surface area contributed by atoms with Crippen LogP contribution >= 0.6 is 0 Å². The van der Waals surface area contributed by atoms with E-state index in [2.05, 4.69) is 11.2 Å². The Balaban J connectivity index is 2.65. The van der Waals surface area contributed by atoms with Gasteiger partial charge in [0.05, 0.1) is 18.2 Å². The Morgan fingerprint density at radius 1 is 1.42 bits per heavy atom. The third-order valence-corrected chi connectivity index (χ3v) is 2.34. The third-order valence-electron chi connectivity index (χ3n) is 2.34. The molecule has 0 saturated carbocycles. The number of terminal acetylenes is 1. The summed E-state index contributed by atoms with van der Waals surface area (Å²) in [4.78, 5) is 23.0. The molecule has 0 spiro atoms. The summed E-state index contributed by atoms with van der Waals surface area (Å²) in [6.45, 7) is 2.05. The Morgan fingerprint density at radius 2 is 2.05 bits per heavy atom. The summed E-state index contributed by atoms with van der Waals surface area (Å²) in [5.74, 6) is 1.57. The summed E-state index contributed by atoms with van der Waals surface area (Å²) in [5.41, 5.74) is 6.54. The van der Waals surface area contributed by atoms with Gasteiger partial charge in [0.2, 0.25) is 5.91 Å². The first-order valence-corrected chi connectivity index (χ1v) is 5.85. The highest BCUT2D eigenvalue weighted by molar-refractivity contribution is 5.95. The van der Waals surface area contributed by atoms with Gasteiger partial charge in [0.25, 0.3) is 0 Å². The number of amides is 1.